The molecule has 18 heavy (non-hydrogen) atoms. The average Bonchev–Trinajstić information content (AvgIpc) is 2.57. The van der Waals surface area contributed by atoms with Gasteiger partial charge in [-0.3, -0.25) is 0 Å². The first kappa shape index (κ1) is 13.5. The maximum absolute atomic E-state index is 13.0. The minimum absolute atomic E-state index is 0.0215. The van der Waals surface area contributed by atoms with Crippen LogP contribution in [0.2, 0.25) is 0 Å². The largest absolute Gasteiger partial charge is 0.315 e. The fraction of sp³-hybridized carbons (Fsp3) is 0.500. The molecule has 0 aliphatic carbocycles. The predicted octanol–water partition coefficient (Wildman–Crippen LogP) is 1.25. The quantitative estimate of drug-likeness (QED) is 0.870. The summed E-state index contributed by atoms with van der Waals surface area (Å²) in [7, 11) is -3.63. The Morgan fingerprint density at radius 1 is 1.33 bits per heavy atom. The summed E-state index contributed by atoms with van der Waals surface area (Å²) < 4.78 is 39.8. The van der Waals surface area contributed by atoms with E-state index in [0.717, 1.165) is 31.9 Å². The van der Waals surface area contributed by atoms with Crippen molar-refractivity contribution in [2.24, 2.45) is 0 Å². The normalized spacial score (nSPS) is 21.5. The van der Waals surface area contributed by atoms with Gasteiger partial charge >= 0.3 is 0 Å². The van der Waals surface area contributed by atoms with E-state index in [0.29, 0.717) is 6.54 Å². The van der Waals surface area contributed by atoms with Gasteiger partial charge in [0.1, 0.15) is 5.82 Å². The van der Waals surface area contributed by atoms with Crippen molar-refractivity contribution in [3.8, 4) is 0 Å². The number of hydrogen-bond acceptors (Lipinski definition) is 3. The van der Waals surface area contributed by atoms with Crippen LogP contribution in [0, 0.1) is 5.82 Å². The Morgan fingerprint density at radius 3 is 2.94 bits per heavy atom. The molecule has 0 amide bonds. The molecule has 1 fully saturated rings. The third-order valence-electron chi connectivity index (χ3n) is 2.98. The molecule has 0 radical (unpaired) electrons. The van der Waals surface area contributed by atoms with Crippen molar-refractivity contribution in [3.63, 3.8) is 0 Å². The summed E-state index contributed by atoms with van der Waals surface area (Å²) in [5.41, 5.74) is 0. The zero-order valence-corrected chi connectivity index (χ0v) is 10.8. The van der Waals surface area contributed by atoms with Gasteiger partial charge in [0.2, 0.25) is 10.0 Å². The fourth-order valence-corrected chi connectivity index (χ4v) is 3.34. The standard InChI is InChI=1S/C12H17FN2O2S/c13-10-4-3-6-12(8-10)18(16,17)15-11-5-1-2-7-14-9-11/h3-4,6,8,11,14-15H,1-2,5,7,9H2. The van der Waals surface area contributed by atoms with Crippen molar-refractivity contribution < 1.29 is 12.8 Å². The third kappa shape index (κ3) is 3.51. The lowest BCUT2D eigenvalue weighted by molar-refractivity contribution is 0.520. The highest BCUT2D eigenvalue weighted by atomic mass is 32.2. The molecule has 0 spiro atoms. The van der Waals surface area contributed by atoms with Gasteiger partial charge in [0.15, 0.2) is 0 Å². The SMILES string of the molecule is O=S(=O)(NC1CCCCNC1)c1cccc(F)c1. The molecule has 0 saturated carbocycles. The molecular formula is C12H17FN2O2S. The summed E-state index contributed by atoms with van der Waals surface area (Å²) in [4.78, 5) is -0.0215. The van der Waals surface area contributed by atoms with Crippen LogP contribution in [0.3, 0.4) is 0 Å². The summed E-state index contributed by atoms with van der Waals surface area (Å²) >= 11 is 0. The van der Waals surface area contributed by atoms with Crippen molar-refractivity contribution >= 4 is 10.0 Å². The highest BCUT2D eigenvalue weighted by molar-refractivity contribution is 7.89. The molecule has 1 heterocycles. The number of nitrogens with one attached hydrogen (secondary N) is 2. The second-order valence-corrected chi connectivity index (χ2v) is 6.19. The first-order valence-electron chi connectivity index (χ1n) is 6.06. The maximum atomic E-state index is 13.0. The Hall–Kier alpha value is -0.980. The van der Waals surface area contributed by atoms with Crippen LogP contribution in [0.1, 0.15) is 19.3 Å². The lowest BCUT2D eigenvalue weighted by Gasteiger charge is -2.16. The second kappa shape index (κ2) is 5.77. The number of rotatable bonds is 3. The molecule has 1 aliphatic rings. The highest BCUT2D eigenvalue weighted by Crippen LogP contribution is 2.13. The lowest BCUT2D eigenvalue weighted by atomic mass is 10.2. The second-order valence-electron chi connectivity index (χ2n) is 4.48. The molecule has 0 bridgehead atoms. The monoisotopic (exact) mass is 272 g/mol. The van der Waals surface area contributed by atoms with Crippen molar-refractivity contribution in [1.82, 2.24) is 10.0 Å². The molecule has 2 N–H and O–H groups in total. The van der Waals surface area contributed by atoms with E-state index in [2.05, 4.69) is 10.0 Å². The van der Waals surface area contributed by atoms with Crippen LogP contribution in [0.25, 0.3) is 0 Å². The third-order valence-corrected chi connectivity index (χ3v) is 4.49. The van der Waals surface area contributed by atoms with Crippen LogP contribution in [0.4, 0.5) is 4.39 Å². The van der Waals surface area contributed by atoms with Gasteiger partial charge in [0.05, 0.1) is 4.90 Å². The Bertz CT molecular complexity index is 497. The molecule has 1 unspecified atom stereocenters. The van der Waals surface area contributed by atoms with Gasteiger partial charge in [0.25, 0.3) is 0 Å². The lowest BCUT2D eigenvalue weighted by Crippen LogP contribution is -2.40. The van der Waals surface area contributed by atoms with Crippen LogP contribution < -0.4 is 10.0 Å². The maximum Gasteiger partial charge on any atom is 0.240 e. The van der Waals surface area contributed by atoms with Crippen molar-refractivity contribution in [2.45, 2.75) is 30.2 Å². The van der Waals surface area contributed by atoms with E-state index in [1.165, 1.54) is 18.2 Å². The highest BCUT2D eigenvalue weighted by Gasteiger charge is 2.21. The fourth-order valence-electron chi connectivity index (χ4n) is 2.04. The molecule has 1 saturated heterocycles. The van der Waals surface area contributed by atoms with E-state index in [9.17, 15) is 12.8 Å². The molecule has 1 aliphatic heterocycles. The minimum atomic E-state index is -3.63. The summed E-state index contributed by atoms with van der Waals surface area (Å²) in [6.07, 6.45) is 2.85. The smallest absolute Gasteiger partial charge is 0.240 e. The molecule has 4 nitrogen and oxygen atoms in total. The van der Waals surface area contributed by atoms with Crippen LogP contribution in [-0.2, 0) is 10.0 Å². The van der Waals surface area contributed by atoms with E-state index in [1.54, 1.807) is 0 Å². The molecule has 0 aromatic heterocycles. The topological polar surface area (TPSA) is 58.2 Å². The zero-order valence-electron chi connectivity index (χ0n) is 10.0. The van der Waals surface area contributed by atoms with Crippen molar-refractivity contribution in [1.29, 1.82) is 0 Å². The van der Waals surface area contributed by atoms with E-state index < -0.39 is 15.8 Å². The number of benzene rings is 1. The first-order valence-corrected chi connectivity index (χ1v) is 7.55. The summed E-state index contributed by atoms with van der Waals surface area (Å²) in [5, 5.41) is 3.18. The summed E-state index contributed by atoms with van der Waals surface area (Å²) in [6, 6.07) is 4.93. The summed E-state index contributed by atoms with van der Waals surface area (Å²) in [6.45, 7) is 1.53. The van der Waals surface area contributed by atoms with Gasteiger partial charge in [-0.2, -0.15) is 0 Å². The van der Waals surface area contributed by atoms with Gasteiger partial charge in [0, 0.05) is 12.6 Å². The van der Waals surface area contributed by atoms with Gasteiger partial charge in [-0.15, -0.1) is 0 Å². The van der Waals surface area contributed by atoms with Gasteiger partial charge in [-0.1, -0.05) is 12.5 Å². The van der Waals surface area contributed by atoms with Crippen molar-refractivity contribution in [3.05, 3.63) is 30.1 Å². The van der Waals surface area contributed by atoms with Crippen LogP contribution in [0.15, 0.2) is 29.2 Å². The number of sulfonamides is 1. The Morgan fingerprint density at radius 2 is 2.17 bits per heavy atom. The molecule has 2 rings (SSSR count). The Kier molecular flexibility index (Phi) is 4.31. The average molecular weight is 272 g/mol. The number of hydrogen-bond donors (Lipinski definition) is 2. The zero-order chi connectivity index (χ0) is 13.0. The molecule has 1 aromatic carbocycles. The Labute approximate surface area is 107 Å². The van der Waals surface area contributed by atoms with Gasteiger partial charge in [-0.25, -0.2) is 17.5 Å². The van der Waals surface area contributed by atoms with Crippen LogP contribution >= 0.6 is 0 Å². The van der Waals surface area contributed by atoms with E-state index >= 15 is 0 Å². The van der Waals surface area contributed by atoms with Crippen molar-refractivity contribution in [2.75, 3.05) is 13.1 Å². The van der Waals surface area contributed by atoms with Gasteiger partial charge < -0.3 is 5.32 Å². The number of halogens is 1. The van der Waals surface area contributed by atoms with E-state index in [-0.39, 0.29) is 10.9 Å². The molecule has 6 heteroatoms. The summed E-state index contributed by atoms with van der Waals surface area (Å²) in [5.74, 6) is -0.545. The predicted molar refractivity (Wildman–Crippen MR) is 67.2 cm³/mol. The van der Waals surface area contributed by atoms with E-state index in [1.807, 2.05) is 0 Å². The minimum Gasteiger partial charge on any atom is -0.315 e. The van der Waals surface area contributed by atoms with Gasteiger partial charge in [-0.05, 0) is 37.6 Å². The molecule has 1 aromatic rings. The molecular weight excluding hydrogens is 255 g/mol. The van der Waals surface area contributed by atoms with Crippen LogP contribution in [-0.4, -0.2) is 27.5 Å². The molecule has 100 valence electrons. The van der Waals surface area contributed by atoms with Crippen LogP contribution in [0.5, 0.6) is 0 Å². The van der Waals surface area contributed by atoms with E-state index in [4.69, 9.17) is 0 Å². The molecule has 1 atom stereocenters. The Balaban J connectivity index is 2.11. The first-order chi connectivity index (χ1) is 8.58.